The Morgan fingerprint density at radius 1 is 1.38 bits per heavy atom. The molecule has 1 aromatic rings. The Morgan fingerprint density at radius 2 is 2.14 bits per heavy atom. The highest BCUT2D eigenvalue weighted by Gasteiger charge is 2.46. The van der Waals surface area contributed by atoms with Crippen molar-refractivity contribution in [3.05, 3.63) is 11.7 Å². The first-order valence-corrected chi connectivity index (χ1v) is 8.38. The molecule has 118 valence electrons. The van der Waals surface area contributed by atoms with Gasteiger partial charge in [-0.15, -0.1) is 0 Å². The fraction of sp³-hybridized carbons (Fsp3) is 0.833. The van der Waals surface area contributed by atoms with Gasteiger partial charge in [0.2, 0.25) is 5.89 Å². The molecule has 0 aliphatic carbocycles. The van der Waals surface area contributed by atoms with Crippen molar-refractivity contribution < 1.29 is 17.7 Å². The van der Waals surface area contributed by atoms with E-state index in [9.17, 15) is 8.42 Å². The number of nitrogens with zero attached hydrogens (tertiary/aromatic N) is 4. The highest BCUT2D eigenvalue weighted by Crippen LogP contribution is 2.35. The van der Waals surface area contributed by atoms with E-state index in [2.05, 4.69) is 10.1 Å². The standard InChI is InChI=1S/C12H20N4O4S/c1-8-13-12(20-14-8)5-10-4-9-6-16(7-11(9)19-10)21(17,18)15(2)3/h9-11H,4-7H2,1-3H3/t9-,10-,11+/m0/s1. The predicted molar refractivity (Wildman–Crippen MR) is 73.7 cm³/mol. The van der Waals surface area contributed by atoms with Crippen molar-refractivity contribution in [2.75, 3.05) is 27.2 Å². The highest BCUT2D eigenvalue weighted by atomic mass is 32.2. The molecule has 0 unspecified atom stereocenters. The lowest BCUT2D eigenvalue weighted by molar-refractivity contribution is 0.0398. The van der Waals surface area contributed by atoms with Crippen LogP contribution in [0.25, 0.3) is 0 Å². The van der Waals surface area contributed by atoms with Crippen molar-refractivity contribution in [2.45, 2.75) is 32.0 Å². The molecule has 0 radical (unpaired) electrons. The summed E-state index contributed by atoms with van der Waals surface area (Å²) in [6, 6.07) is 0. The summed E-state index contributed by atoms with van der Waals surface area (Å²) in [5.41, 5.74) is 0. The number of hydrogen-bond donors (Lipinski definition) is 0. The predicted octanol–water partition coefficient (Wildman–Crippen LogP) is -0.184. The molecule has 3 rings (SSSR count). The van der Waals surface area contributed by atoms with Gasteiger partial charge in [0, 0.05) is 33.1 Å². The summed E-state index contributed by atoms with van der Waals surface area (Å²) in [6.45, 7) is 2.72. The van der Waals surface area contributed by atoms with Crippen LogP contribution in [0.15, 0.2) is 4.52 Å². The van der Waals surface area contributed by atoms with Crippen LogP contribution in [0.5, 0.6) is 0 Å². The fourth-order valence-electron chi connectivity index (χ4n) is 2.99. The molecule has 2 saturated heterocycles. The van der Waals surface area contributed by atoms with Crippen molar-refractivity contribution in [3.8, 4) is 0 Å². The topological polar surface area (TPSA) is 88.8 Å². The van der Waals surface area contributed by atoms with Crippen LogP contribution in [0.1, 0.15) is 18.1 Å². The molecule has 0 saturated carbocycles. The fourth-order valence-corrected chi connectivity index (χ4v) is 4.17. The third-order valence-corrected chi connectivity index (χ3v) is 5.91. The summed E-state index contributed by atoms with van der Waals surface area (Å²) in [5.74, 6) is 1.44. The Hall–Kier alpha value is -1.03. The molecule has 2 fully saturated rings. The highest BCUT2D eigenvalue weighted by molar-refractivity contribution is 7.86. The first-order valence-electron chi connectivity index (χ1n) is 6.98. The Morgan fingerprint density at radius 3 is 2.71 bits per heavy atom. The van der Waals surface area contributed by atoms with E-state index in [1.54, 1.807) is 21.0 Å². The van der Waals surface area contributed by atoms with E-state index in [0.717, 1.165) is 6.42 Å². The number of fused-ring (bicyclic) bond motifs is 1. The molecule has 0 amide bonds. The Labute approximate surface area is 124 Å². The largest absolute Gasteiger partial charge is 0.373 e. The molecule has 9 heteroatoms. The van der Waals surface area contributed by atoms with Crippen molar-refractivity contribution in [2.24, 2.45) is 5.92 Å². The molecule has 8 nitrogen and oxygen atoms in total. The number of aryl methyl sites for hydroxylation is 1. The summed E-state index contributed by atoms with van der Waals surface area (Å²) in [5, 5.41) is 3.76. The van der Waals surface area contributed by atoms with Gasteiger partial charge in [0.15, 0.2) is 5.82 Å². The summed E-state index contributed by atoms with van der Waals surface area (Å²) >= 11 is 0. The van der Waals surface area contributed by atoms with Gasteiger partial charge < -0.3 is 9.26 Å². The molecular weight excluding hydrogens is 296 g/mol. The lowest BCUT2D eigenvalue weighted by Gasteiger charge is -2.22. The van der Waals surface area contributed by atoms with Gasteiger partial charge in [-0.1, -0.05) is 5.16 Å². The van der Waals surface area contributed by atoms with Crippen LogP contribution in [0.4, 0.5) is 0 Å². The van der Waals surface area contributed by atoms with Crippen LogP contribution >= 0.6 is 0 Å². The number of rotatable bonds is 4. The molecule has 0 spiro atoms. The minimum Gasteiger partial charge on any atom is -0.373 e. The van der Waals surface area contributed by atoms with Gasteiger partial charge in [-0.3, -0.25) is 0 Å². The minimum atomic E-state index is -3.35. The van der Waals surface area contributed by atoms with Gasteiger partial charge >= 0.3 is 0 Å². The maximum absolute atomic E-state index is 12.1. The lowest BCUT2D eigenvalue weighted by atomic mass is 10.0. The lowest BCUT2D eigenvalue weighted by Crippen LogP contribution is -2.39. The summed E-state index contributed by atoms with van der Waals surface area (Å²) < 4.78 is 38.0. The van der Waals surface area contributed by atoms with Crippen molar-refractivity contribution in [1.29, 1.82) is 0 Å². The van der Waals surface area contributed by atoms with E-state index in [0.29, 0.717) is 31.2 Å². The van der Waals surface area contributed by atoms with Crippen LogP contribution in [0.3, 0.4) is 0 Å². The second-order valence-corrected chi connectivity index (χ2v) is 7.98. The molecule has 1 aromatic heterocycles. The molecular formula is C12H20N4O4S. The van der Waals surface area contributed by atoms with E-state index >= 15 is 0 Å². The molecule has 2 aliphatic rings. The molecule has 3 atom stereocenters. The zero-order valence-electron chi connectivity index (χ0n) is 12.4. The number of hydrogen-bond acceptors (Lipinski definition) is 6. The first kappa shape index (κ1) is 14.9. The smallest absolute Gasteiger partial charge is 0.281 e. The summed E-state index contributed by atoms with van der Waals surface area (Å²) in [6.07, 6.45) is 1.41. The van der Waals surface area contributed by atoms with Crippen molar-refractivity contribution in [3.63, 3.8) is 0 Å². The van der Waals surface area contributed by atoms with Crippen molar-refractivity contribution in [1.82, 2.24) is 18.8 Å². The molecule has 21 heavy (non-hydrogen) atoms. The average molecular weight is 316 g/mol. The normalized spacial score (nSPS) is 30.2. The van der Waals surface area contributed by atoms with Gasteiger partial charge in [-0.2, -0.15) is 22.0 Å². The summed E-state index contributed by atoms with van der Waals surface area (Å²) in [4.78, 5) is 4.17. The van der Waals surface area contributed by atoms with E-state index in [4.69, 9.17) is 9.26 Å². The number of aromatic nitrogens is 2. The average Bonchev–Trinajstić information content (AvgIpc) is 3.04. The van der Waals surface area contributed by atoms with Gasteiger partial charge in [0.25, 0.3) is 10.2 Å². The zero-order chi connectivity index (χ0) is 15.2. The van der Waals surface area contributed by atoms with Gasteiger partial charge in [0.1, 0.15) is 0 Å². The molecule has 0 bridgehead atoms. The van der Waals surface area contributed by atoms with Crippen LogP contribution in [0.2, 0.25) is 0 Å². The second-order valence-electron chi connectivity index (χ2n) is 5.84. The van der Waals surface area contributed by atoms with E-state index in [1.165, 1.54) is 8.61 Å². The van der Waals surface area contributed by atoms with Crippen molar-refractivity contribution >= 4 is 10.2 Å². The molecule has 0 N–H and O–H groups in total. The second kappa shape index (κ2) is 5.31. The van der Waals surface area contributed by atoms with Crippen LogP contribution in [0, 0.1) is 12.8 Å². The van der Waals surface area contributed by atoms with E-state index in [1.807, 2.05) is 0 Å². The van der Waals surface area contributed by atoms with Gasteiger partial charge in [0.05, 0.1) is 18.6 Å². The maximum atomic E-state index is 12.1. The third-order valence-electron chi connectivity index (χ3n) is 4.04. The Bertz CT molecular complexity index is 601. The van der Waals surface area contributed by atoms with Crippen LogP contribution in [-0.2, 0) is 21.4 Å². The molecule has 3 heterocycles. The van der Waals surface area contributed by atoms with Crippen LogP contribution in [-0.4, -0.2) is 66.6 Å². The van der Waals surface area contributed by atoms with E-state index in [-0.39, 0.29) is 18.1 Å². The van der Waals surface area contributed by atoms with Gasteiger partial charge in [-0.05, 0) is 13.3 Å². The summed E-state index contributed by atoms with van der Waals surface area (Å²) in [7, 11) is -0.253. The Kier molecular flexibility index (Phi) is 3.76. The molecule has 2 aliphatic heterocycles. The van der Waals surface area contributed by atoms with E-state index < -0.39 is 10.2 Å². The Balaban J connectivity index is 1.59. The maximum Gasteiger partial charge on any atom is 0.281 e. The zero-order valence-corrected chi connectivity index (χ0v) is 13.2. The van der Waals surface area contributed by atoms with Gasteiger partial charge in [-0.25, -0.2) is 0 Å². The molecule has 0 aromatic carbocycles. The first-order chi connectivity index (χ1) is 9.86. The quantitative estimate of drug-likeness (QED) is 0.765. The SMILES string of the molecule is Cc1noc(C[C@@H]2C[C@H]3CN(S(=O)(=O)N(C)C)C[C@H]3O2)n1. The monoisotopic (exact) mass is 316 g/mol. The minimum absolute atomic E-state index is 0.0315. The number of ether oxygens (including phenoxy) is 1. The third kappa shape index (κ3) is 2.83. The van der Waals surface area contributed by atoms with Crippen LogP contribution < -0.4 is 0 Å².